The van der Waals surface area contributed by atoms with E-state index < -0.39 is 0 Å². The van der Waals surface area contributed by atoms with E-state index in [2.05, 4.69) is 0 Å². The number of carbonyl (C=O) groups excluding carboxylic acids is 2. The van der Waals surface area contributed by atoms with E-state index in [4.69, 9.17) is 0 Å². The molecule has 0 unspecified atom stereocenters. The summed E-state index contributed by atoms with van der Waals surface area (Å²) >= 11 is 1.47. The van der Waals surface area contributed by atoms with E-state index in [0.29, 0.717) is 23.5 Å². The highest BCUT2D eigenvalue weighted by atomic mass is 32.1. The maximum absolute atomic E-state index is 13.5. The average molecular weight is 403 g/mol. The molecule has 0 saturated carbocycles. The van der Waals surface area contributed by atoms with Crippen molar-refractivity contribution in [1.29, 1.82) is 0 Å². The van der Waals surface area contributed by atoms with Crippen molar-refractivity contribution < 1.29 is 9.59 Å². The first kappa shape index (κ1) is 19.2. The first-order valence-electron chi connectivity index (χ1n) is 9.46. The van der Waals surface area contributed by atoms with Crippen LogP contribution in [-0.4, -0.2) is 23.8 Å². The Morgan fingerprint density at radius 3 is 2.21 bits per heavy atom. The third-order valence-electron chi connectivity index (χ3n) is 4.94. The van der Waals surface area contributed by atoms with Crippen molar-refractivity contribution in [2.75, 3.05) is 11.9 Å². The molecular formula is C24H22N2O2S. The Morgan fingerprint density at radius 1 is 0.897 bits per heavy atom. The average Bonchev–Trinajstić information content (AvgIpc) is 3.27. The molecule has 4 nitrogen and oxygen atoms in total. The van der Waals surface area contributed by atoms with Crippen LogP contribution in [-0.2, 0) is 16.1 Å². The molecule has 2 aromatic carbocycles. The molecule has 29 heavy (non-hydrogen) atoms. The minimum atomic E-state index is -0.276. The molecule has 0 aliphatic carbocycles. The number of anilines is 1. The molecule has 0 atom stereocenters. The van der Waals surface area contributed by atoms with Crippen LogP contribution in [0.2, 0.25) is 0 Å². The Hall–Kier alpha value is -3.18. The van der Waals surface area contributed by atoms with Crippen LogP contribution >= 0.6 is 11.3 Å². The predicted octanol–water partition coefficient (Wildman–Crippen LogP) is 4.78. The number of rotatable bonds is 5. The van der Waals surface area contributed by atoms with Gasteiger partial charge in [0.2, 0.25) is 0 Å². The van der Waals surface area contributed by atoms with Crippen molar-refractivity contribution in [3.8, 4) is 0 Å². The number of carbonyl (C=O) groups is 2. The van der Waals surface area contributed by atoms with Gasteiger partial charge in [-0.15, -0.1) is 11.3 Å². The van der Waals surface area contributed by atoms with Crippen molar-refractivity contribution in [2.45, 2.75) is 20.4 Å². The van der Waals surface area contributed by atoms with E-state index in [1.807, 2.05) is 91.8 Å². The van der Waals surface area contributed by atoms with Crippen LogP contribution < -0.4 is 4.90 Å². The second-order valence-corrected chi connectivity index (χ2v) is 8.28. The van der Waals surface area contributed by atoms with Crippen LogP contribution in [0.25, 0.3) is 5.57 Å². The van der Waals surface area contributed by atoms with Crippen molar-refractivity contribution in [3.05, 3.63) is 93.3 Å². The molecule has 0 bridgehead atoms. The third-order valence-corrected chi connectivity index (χ3v) is 5.82. The largest absolute Gasteiger partial charge is 0.365 e. The van der Waals surface area contributed by atoms with E-state index in [0.717, 1.165) is 21.6 Å². The summed E-state index contributed by atoms with van der Waals surface area (Å²) in [5.41, 5.74) is 4.66. The van der Waals surface area contributed by atoms with E-state index in [1.54, 1.807) is 0 Å². The van der Waals surface area contributed by atoms with Crippen molar-refractivity contribution in [2.24, 2.45) is 0 Å². The molecule has 5 heteroatoms. The van der Waals surface area contributed by atoms with Crippen molar-refractivity contribution in [3.63, 3.8) is 0 Å². The lowest BCUT2D eigenvalue weighted by Crippen LogP contribution is -2.34. The molecule has 0 N–H and O–H groups in total. The van der Waals surface area contributed by atoms with E-state index in [-0.39, 0.29) is 11.8 Å². The van der Waals surface area contributed by atoms with Crippen LogP contribution in [0.4, 0.5) is 5.69 Å². The molecule has 2 amide bonds. The number of imide groups is 1. The fourth-order valence-electron chi connectivity index (χ4n) is 3.77. The van der Waals surface area contributed by atoms with Gasteiger partial charge in [0.05, 0.1) is 11.3 Å². The quantitative estimate of drug-likeness (QED) is 0.577. The van der Waals surface area contributed by atoms with Gasteiger partial charge < -0.3 is 4.90 Å². The van der Waals surface area contributed by atoms with Crippen molar-refractivity contribution >= 4 is 34.4 Å². The minimum absolute atomic E-state index is 0.266. The summed E-state index contributed by atoms with van der Waals surface area (Å²) in [5.74, 6) is -0.542. The molecule has 0 saturated heterocycles. The smallest absolute Gasteiger partial charge is 0.282 e. The number of amides is 2. The van der Waals surface area contributed by atoms with Gasteiger partial charge in [-0.05, 0) is 54.1 Å². The molecule has 1 aromatic heterocycles. The Labute approximate surface area is 174 Å². The van der Waals surface area contributed by atoms with Gasteiger partial charge in [-0.25, -0.2) is 4.90 Å². The first-order valence-corrected chi connectivity index (χ1v) is 10.3. The number of nitrogens with zero attached hydrogens (tertiary/aromatic N) is 2. The van der Waals surface area contributed by atoms with E-state index in [9.17, 15) is 9.59 Å². The molecule has 1 aliphatic rings. The summed E-state index contributed by atoms with van der Waals surface area (Å²) in [6.07, 6.45) is 0. The summed E-state index contributed by atoms with van der Waals surface area (Å²) in [6, 6.07) is 19.5. The predicted molar refractivity (Wildman–Crippen MR) is 118 cm³/mol. The highest BCUT2D eigenvalue weighted by Gasteiger charge is 2.42. The Kier molecular flexibility index (Phi) is 5.07. The molecule has 4 rings (SSSR count). The SMILES string of the molecule is Cc1cc(C)cc(N2C(=O)C(c3cccs3)=C(N(C)Cc3ccccc3)C2=O)c1. The number of benzene rings is 2. The zero-order chi connectivity index (χ0) is 20.5. The Morgan fingerprint density at radius 2 is 1.59 bits per heavy atom. The van der Waals surface area contributed by atoms with Gasteiger partial charge in [0.15, 0.2) is 0 Å². The van der Waals surface area contributed by atoms with Crippen LogP contribution in [0, 0.1) is 13.8 Å². The summed E-state index contributed by atoms with van der Waals surface area (Å²) in [4.78, 5) is 30.9. The Bertz CT molecular complexity index is 1080. The molecule has 3 aromatic rings. The van der Waals surface area contributed by atoms with E-state index >= 15 is 0 Å². The zero-order valence-corrected chi connectivity index (χ0v) is 17.5. The number of aryl methyl sites for hydroxylation is 2. The standard InChI is InChI=1S/C24H22N2O2S/c1-16-12-17(2)14-19(13-16)26-23(27)21(20-10-7-11-29-20)22(24(26)28)25(3)15-18-8-5-4-6-9-18/h4-14H,15H2,1-3H3. The van der Waals surface area contributed by atoms with Gasteiger partial charge in [0, 0.05) is 18.5 Å². The maximum Gasteiger partial charge on any atom is 0.282 e. The van der Waals surface area contributed by atoms with Gasteiger partial charge >= 0.3 is 0 Å². The van der Waals surface area contributed by atoms with Gasteiger partial charge in [-0.1, -0.05) is 42.5 Å². The van der Waals surface area contributed by atoms with Crippen LogP contribution in [0.3, 0.4) is 0 Å². The van der Waals surface area contributed by atoms with Crippen LogP contribution in [0.5, 0.6) is 0 Å². The summed E-state index contributed by atoms with van der Waals surface area (Å²) in [5, 5.41) is 1.92. The number of thiophene rings is 1. The van der Waals surface area contributed by atoms with E-state index in [1.165, 1.54) is 16.2 Å². The van der Waals surface area contributed by atoms with Gasteiger partial charge in [0.1, 0.15) is 5.70 Å². The number of hydrogen-bond donors (Lipinski definition) is 0. The van der Waals surface area contributed by atoms with Crippen molar-refractivity contribution in [1.82, 2.24) is 4.90 Å². The second kappa shape index (κ2) is 7.68. The number of likely N-dealkylation sites (N-methyl/N-ethyl adjacent to an activating group) is 1. The summed E-state index contributed by atoms with van der Waals surface area (Å²) in [6.45, 7) is 4.49. The molecule has 0 spiro atoms. The fourth-order valence-corrected chi connectivity index (χ4v) is 4.53. The molecule has 0 fully saturated rings. The normalized spacial score (nSPS) is 14.1. The summed E-state index contributed by atoms with van der Waals surface area (Å²) < 4.78 is 0. The van der Waals surface area contributed by atoms with Gasteiger partial charge in [-0.2, -0.15) is 0 Å². The molecule has 2 heterocycles. The molecule has 0 radical (unpaired) electrons. The van der Waals surface area contributed by atoms with Crippen LogP contribution in [0.1, 0.15) is 21.6 Å². The highest BCUT2D eigenvalue weighted by molar-refractivity contribution is 7.11. The topological polar surface area (TPSA) is 40.6 Å². The minimum Gasteiger partial charge on any atom is -0.365 e. The second-order valence-electron chi connectivity index (χ2n) is 7.33. The molecule has 146 valence electrons. The summed E-state index contributed by atoms with van der Waals surface area (Å²) in [7, 11) is 1.87. The first-order chi connectivity index (χ1) is 14.0. The zero-order valence-electron chi connectivity index (χ0n) is 16.7. The Balaban J connectivity index is 1.78. The van der Waals surface area contributed by atoms with Gasteiger partial charge in [-0.3, -0.25) is 9.59 Å². The number of hydrogen-bond acceptors (Lipinski definition) is 4. The fraction of sp³-hybridized carbons (Fsp3) is 0.167. The molecule has 1 aliphatic heterocycles. The lowest BCUT2D eigenvalue weighted by atomic mass is 10.1. The highest BCUT2D eigenvalue weighted by Crippen LogP contribution is 2.37. The van der Waals surface area contributed by atoms with Crippen LogP contribution in [0.15, 0.2) is 71.7 Å². The van der Waals surface area contributed by atoms with Gasteiger partial charge in [0.25, 0.3) is 11.8 Å². The maximum atomic E-state index is 13.5. The molecular weight excluding hydrogens is 380 g/mol. The lowest BCUT2D eigenvalue weighted by molar-refractivity contribution is -0.120. The lowest BCUT2D eigenvalue weighted by Gasteiger charge is -2.22. The monoisotopic (exact) mass is 402 g/mol. The third kappa shape index (κ3) is 3.61.